The molecular weight excluding hydrogens is 340 g/mol. The average molecular weight is 366 g/mol. The van der Waals surface area contributed by atoms with E-state index in [-0.39, 0.29) is 12.2 Å². The van der Waals surface area contributed by atoms with Crippen LogP contribution in [0, 0.1) is 0 Å². The Morgan fingerprint density at radius 3 is 2.19 bits per heavy atom. The molecule has 0 spiro atoms. The van der Waals surface area contributed by atoms with E-state index in [1.165, 1.54) is 0 Å². The maximum atomic E-state index is 6.07. The first kappa shape index (κ1) is 19.5. The van der Waals surface area contributed by atoms with Crippen molar-refractivity contribution in [3.8, 4) is 0 Å². The predicted octanol–water partition coefficient (Wildman–Crippen LogP) is 4.27. The van der Waals surface area contributed by atoms with Gasteiger partial charge < -0.3 is 18.9 Å². The summed E-state index contributed by atoms with van der Waals surface area (Å²) in [5.74, 6) is 0. The summed E-state index contributed by atoms with van der Waals surface area (Å²) in [5, 5.41) is 0. The smallest absolute Gasteiger partial charge is 0.177 e. The summed E-state index contributed by atoms with van der Waals surface area (Å²) in [5.41, 5.74) is 2.25. The van der Waals surface area contributed by atoms with Gasteiger partial charge in [0.1, 0.15) is 12.2 Å². The van der Waals surface area contributed by atoms with Crippen LogP contribution in [0.3, 0.4) is 0 Å². The van der Waals surface area contributed by atoms with Crippen LogP contribution in [0.1, 0.15) is 11.1 Å². The van der Waals surface area contributed by atoms with Gasteiger partial charge in [0.25, 0.3) is 0 Å². The lowest BCUT2D eigenvalue weighted by atomic mass is 10.1. The van der Waals surface area contributed by atoms with Crippen LogP contribution in [0.2, 0.25) is 0 Å². The molecule has 4 heteroatoms. The number of rotatable bonds is 10. The summed E-state index contributed by atoms with van der Waals surface area (Å²) in [4.78, 5) is 0. The van der Waals surface area contributed by atoms with Gasteiger partial charge in [-0.25, -0.2) is 0 Å². The van der Waals surface area contributed by atoms with E-state index in [0.29, 0.717) is 26.4 Å². The summed E-state index contributed by atoms with van der Waals surface area (Å²) in [6.07, 6.45) is 4.74. The van der Waals surface area contributed by atoms with Crippen molar-refractivity contribution in [1.29, 1.82) is 0 Å². The van der Waals surface area contributed by atoms with Crippen LogP contribution in [-0.4, -0.2) is 31.7 Å². The van der Waals surface area contributed by atoms with E-state index in [4.69, 9.17) is 18.9 Å². The van der Waals surface area contributed by atoms with Gasteiger partial charge in [0.15, 0.2) is 6.29 Å². The van der Waals surface area contributed by atoms with Gasteiger partial charge >= 0.3 is 0 Å². The first-order valence-corrected chi connectivity index (χ1v) is 9.18. The minimum atomic E-state index is -0.412. The van der Waals surface area contributed by atoms with Crippen molar-refractivity contribution < 1.29 is 18.9 Å². The lowest BCUT2D eigenvalue weighted by Gasteiger charge is -2.32. The largest absolute Gasteiger partial charge is 0.374 e. The highest BCUT2D eigenvalue weighted by Gasteiger charge is 2.28. The molecule has 0 unspecified atom stereocenters. The first-order valence-electron chi connectivity index (χ1n) is 9.18. The molecule has 0 N–H and O–H groups in total. The average Bonchev–Trinajstić information content (AvgIpc) is 2.73. The maximum Gasteiger partial charge on any atom is 0.177 e. The first-order chi connectivity index (χ1) is 13.3. The van der Waals surface area contributed by atoms with Crippen LogP contribution in [0.25, 0.3) is 0 Å². The van der Waals surface area contributed by atoms with Crippen molar-refractivity contribution in [1.82, 2.24) is 0 Å². The molecule has 0 fully saturated rings. The fourth-order valence-corrected chi connectivity index (χ4v) is 2.81. The summed E-state index contributed by atoms with van der Waals surface area (Å²) in [7, 11) is 0. The highest BCUT2D eigenvalue weighted by Crippen LogP contribution is 2.19. The number of ether oxygens (including phenoxy) is 4. The monoisotopic (exact) mass is 366 g/mol. The molecule has 0 bridgehead atoms. The van der Waals surface area contributed by atoms with Gasteiger partial charge in [0.05, 0.1) is 26.4 Å². The van der Waals surface area contributed by atoms with E-state index in [1.54, 1.807) is 6.08 Å². The molecule has 0 saturated carbocycles. The molecule has 1 aliphatic rings. The zero-order valence-corrected chi connectivity index (χ0v) is 15.4. The van der Waals surface area contributed by atoms with Gasteiger partial charge in [-0.05, 0) is 17.2 Å². The predicted molar refractivity (Wildman–Crippen MR) is 105 cm³/mol. The quantitative estimate of drug-likeness (QED) is 0.589. The molecule has 0 radical (unpaired) electrons. The van der Waals surface area contributed by atoms with Crippen LogP contribution < -0.4 is 0 Å². The van der Waals surface area contributed by atoms with E-state index in [1.807, 2.05) is 72.8 Å². The Hall–Kier alpha value is -2.24. The summed E-state index contributed by atoms with van der Waals surface area (Å²) in [6, 6.07) is 20.2. The Morgan fingerprint density at radius 2 is 1.52 bits per heavy atom. The molecule has 2 aromatic rings. The van der Waals surface area contributed by atoms with E-state index < -0.39 is 6.29 Å². The van der Waals surface area contributed by atoms with Gasteiger partial charge in [-0.1, -0.05) is 72.8 Å². The van der Waals surface area contributed by atoms with Crippen molar-refractivity contribution in [2.45, 2.75) is 31.7 Å². The second-order valence-corrected chi connectivity index (χ2v) is 6.31. The zero-order valence-electron chi connectivity index (χ0n) is 15.4. The fraction of sp³-hybridized carbons (Fsp3) is 0.304. The molecule has 3 rings (SSSR count). The Balaban J connectivity index is 1.56. The molecule has 27 heavy (non-hydrogen) atoms. The van der Waals surface area contributed by atoms with Gasteiger partial charge in [-0.15, -0.1) is 6.58 Å². The van der Waals surface area contributed by atoms with Gasteiger partial charge in [-0.3, -0.25) is 0 Å². The van der Waals surface area contributed by atoms with Crippen molar-refractivity contribution in [2.24, 2.45) is 0 Å². The molecule has 0 aliphatic carbocycles. The minimum absolute atomic E-state index is 0.190. The molecule has 1 heterocycles. The highest BCUT2D eigenvalue weighted by atomic mass is 16.7. The molecule has 0 aromatic heterocycles. The van der Waals surface area contributed by atoms with Crippen LogP contribution in [0.4, 0.5) is 0 Å². The molecule has 4 nitrogen and oxygen atoms in total. The third kappa shape index (κ3) is 6.45. The number of hydrogen-bond donors (Lipinski definition) is 0. The molecule has 142 valence electrons. The molecule has 1 aliphatic heterocycles. The third-order valence-corrected chi connectivity index (χ3v) is 4.19. The maximum absolute atomic E-state index is 6.07. The highest BCUT2D eigenvalue weighted by molar-refractivity contribution is 5.14. The lowest BCUT2D eigenvalue weighted by Crippen LogP contribution is -2.41. The molecule has 0 saturated heterocycles. The van der Waals surface area contributed by atoms with Crippen LogP contribution >= 0.6 is 0 Å². The van der Waals surface area contributed by atoms with Crippen molar-refractivity contribution in [2.75, 3.05) is 13.2 Å². The molecule has 2 aromatic carbocycles. The lowest BCUT2D eigenvalue weighted by molar-refractivity contribution is -0.191. The second kappa shape index (κ2) is 10.8. The standard InChI is InChI=1S/C23H26O4/c1-2-15-25-23-14-13-21(26-17-20-11-7-4-8-12-20)22(27-23)18-24-16-19-9-5-3-6-10-19/h2-14,21-23H,1,15-18H2/t21-,22+,23+/m0/s1. The van der Waals surface area contributed by atoms with E-state index >= 15 is 0 Å². The Morgan fingerprint density at radius 1 is 0.852 bits per heavy atom. The van der Waals surface area contributed by atoms with Crippen LogP contribution in [0.15, 0.2) is 85.5 Å². The fourth-order valence-electron chi connectivity index (χ4n) is 2.81. The van der Waals surface area contributed by atoms with Gasteiger partial charge in [0.2, 0.25) is 0 Å². The second-order valence-electron chi connectivity index (χ2n) is 6.31. The van der Waals surface area contributed by atoms with Crippen LogP contribution in [0.5, 0.6) is 0 Å². The third-order valence-electron chi connectivity index (χ3n) is 4.19. The minimum Gasteiger partial charge on any atom is -0.374 e. The van der Waals surface area contributed by atoms with Gasteiger partial charge in [0, 0.05) is 0 Å². The van der Waals surface area contributed by atoms with E-state index in [2.05, 4.69) is 6.58 Å². The Kier molecular flexibility index (Phi) is 7.81. The Bertz CT molecular complexity index is 699. The Labute approximate surface area is 161 Å². The van der Waals surface area contributed by atoms with Gasteiger partial charge in [-0.2, -0.15) is 0 Å². The van der Waals surface area contributed by atoms with Crippen LogP contribution in [-0.2, 0) is 32.2 Å². The molecule has 3 atom stereocenters. The van der Waals surface area contributed by atoms with E-state index in [0.717, 1.165) is 11.1 Å². The normalized spacial score (nSPS) is 21.9. The summed E-state index contributed by atoms with van der Waals surface area (Å²) >= 11 is 0. The summed E-state index contributed by atoms with van der Waals surface area (Å²) in [6.45, 7) is 5.58. The van der Waals surface area contributed by atoms with Crippen molar-refractivity contribution in [3.05, 3.63) is 96.6 Å². The van der Waals surface area contributed by atoms with Crippen molar-refractivity contribution in [3.63, 3.8) is 0 Å². The topological polar surface area (TPSA) is 36.9 Å². The summed E-state index contributed by atoms with van der Waals surface area (Å²) < 4.78 is 23.6. The number of benzene rings is 2. The van der Waals surface area contributed by atoms with Crippen molar-refractivity contribution >= 4 is 0 Å². The van der Waals surface area contributed by atoms with E-state index in [9.17, 15) is 0 Å². The molecular formula is C23H26O4. The zero-order chi connectivity index (χ0) is 18.7. The molecule has 0 amide bonds. The SMILES string of the molecule is C=CCO[C@H]1C=C[C@H](OCc2ccccc2)[C@@H](COCc2ccccc2)O1. The number of hydrogen-bond acceptors (Lipinski definition) is 4.